The fourth-order valence-corrected chi connectivity index (χ4v) is 3.16. The number of halogens is 2. The topological polar surface area (TPSA) is 0 Å². The molecule has 0 aliphatic heterocycles. The molecule has 1 aliphatic rings. The normalized spacial score (nSPS) is 18.1. The third kappa shape index (κ3) is 2.14. The van der Waals surface area contributed by atoms with Crippen molar-refractivity contribution in [3.8, 4) is 0 Å². The van der Waals surface area contributed by atoms with Crippen LogP contribution in [0.4, 0.5) is 0 Å². The van der Waals surface area contributed by atoms with Crippen LogP contribution in [-0.2, 0) is 6.42 Å². The lowest BCUT2D eigenvalue weighted by atomic mass is 9.93. The average Bonchev–Trinajstić information content (AvgIpc) is 2.73. The van der Waals surface area contributed by atoms with Crippen molar-refractivity contribution in [1.82, 2.24) is 0 Å². The van der Waals surface area contributed by atoms with Crippen molar-refractivity contribution in [2.45, 2.75) is 18.8 Å². The van der Waals surface area contributed by atoms with Gasteiger partial charge in [-0.25, -0.2) is 0 Å². The molecule has 1 atom stereocenters. The Morgan fingerprint density at radius 3 is 2.59 bits per heavy atom. The van der Waals surface area contributed by atoms with Crippen LogP contribution in [0, 0.1) is 0 Å². The number of fused-ring (bicyclic) bond motifs is 1. The van der Waals surface area contributed by atoms with Gasteiger partial charge in [0.2, 0.25) is 0 Å². The number of hydrogen-bond acceptors (Lipinski definition) is 0. The zero-order valence-electron chi connectivity index (χ0n) is 9.29. The maximum absolute atomic E-state index is 5.93. The fourth-order valence-electron chi connectivity index (χ4n) is 2.63. The zero-order valence-corrected chi connectivity index (χ0v) is 11.6. The molecule has 2 aromatic carbocycles. The first-order valence-electron chi connectivity index (χ1n) is 5.78. The average molecular weight is 308 g/mol. The Bertz CT molecular complexity index is 545. The minimum atomic E-state index is 0.537. The summed E-state index contributed by atoms with van der Waals surface area (Å²) in [6.07, 6.45) is 2.37. The largest absolute Gasteiger partial charge is 0.0843 e. The molecule has 0 heterocycles. The summed E-state index contributed by atoms with van der Waals surface area (Å²) >= 11 is 9.47. The third-order valence-electron chi connectivity index (χ3n) is 3.46. The molecule has 86 valence electrons. The summed E-state index contributed by atoms with van der Waals surface area (Å²) in [5.74, 6) is 0.537. The summed E-state index contributed by atoms with van der Waals surface area (Å²) < 4.78 is 1.17. The second-order valence-corrected chi connectivity index (χ2v) is 5.84. The Morgan fingerprint density at radius 2 is 1.82 bits per heavy atom. The summed E-state index contributed by atoms with van der Waals surface area (Å²) in [6, 6.07) is 14.9. The molecular formula is C15H12BrCl. The summed E-state index contributed by atoms with van der Waals surface area (Å²) in [5, 5.41) is 0.808. The molecule has 2 aromatic rings. The molecule has 0 radical (unpaired) electrons. The van der Waals surface area contributed by atoms with Crippen LogP contribution in [0.3, 0.4) is 0 Å². The van der Waals surface area contributed by atoms with Crippen LogP contribution in [0.1, 0.15) is 29.0 Å². The van der Waals surface area contributed by atoms with Gasteiger partial charge in [-0.05, 0) is 53.8 Å². The second kappa shape index (κ2) is 4.47. The van der Waals surface area contributed by atoms with Crippen molar-refractivity contribution < 1.29 is 0 Å². The molecule has 0 nitrogen and oxygen atoms in total. The summed E-state index contributed by atoms with van der Waals surface area (Å²) in [6.45, 7) is 0. The number of aryl methyl sites for hydroxylation is 1. The highest BCUT2D eigenvalue weighted by molar-refractivity contribution is 9.10. The Hall–Kier alpha value is -0.790. The van der Waals surface area contributed by atoms with Gasteiger partial charge in [0, 0.05) is 15.4 Å². The van der Waals surface area contributed by atoms with Crippen LogP contribution in [0.25, 0.3) is 0 Å². The predicted octanol–water partition coefficient (Wildman–Crippen LogP) is 5.18. The highest BCUT2D eigenvalue weighted by atomic mass is 79.9. The lowest BCUT2D eigenvalue weighted by molar-refractivity contribution is 0.788. The highest BCUT2D eigenvalue weighted by Gasteiger charge is 2.23. The highest BCUT2D eigenvalue weighted by Crippen LogP contribution is 2.39. The quantitative estimate of drug-likeness (QED) is 0.681. The minimum absolute atomic E-state index is 0.537. The standard InChI is InChI=1S/C15H12BrCl/c16-12-4-8-15-11(9-12)3-7-14(15)10-1-5-13(17)6-2-10/h1-2,4-6,8-9,14H,3,7H2. The van der Waals surface area contributed by atoms with Crippen LogP contribution in [-0.4, -0.2) is 0 Å². The maximum Gasteiger partial charge on any atom is 0.0406 e. The molecule has 0 fully saturated rings. The van der Waals surface area contributed by atoms with Gasteiger partial charge < -0.3 is 0 Å². The predicted molar refractivity (Wildman–Crippen MR) is 75.8 cm³/mol. The van der Waals surface area contributed by atoms with Gasteiger partial charge in [-0.2, -0.15) is 0 Å². The molecule has 0 N–H and O–H groups in total. The molecular weight excluding hydrogens is 296 g/mol. The molecule has 0 saturated carbocycles. The Kier molecular flexibility index (Phi) is 2.97. The lowest BCUT2D eigenvalue weighted by Gasteiger charge is -2.12. The van der Waals surface area contributed by atoms with Gasteiger partial charge in [0.1, 0.15) is 0 Å². The van der Waals surface area contributed by atoms with E-state index in [1.165, 1.54) is 34.0 Å². The van der Waals surface area contributed by atoms with E-state index in [1.807, 2.05) is 12.1 Å². The monoisotopic (exact) mass is 306 g/mol. The Balaban J connectivity index is 2.01. The van der Waals surface area contributed by atoms with Crippen LogP contribution >= 0.6 is 27.5 Å². The lowest BCUT2D eigenvalue weighted by Crippen LogP contribution is -1.95. The number of benzene rings is 2. The van der Waals surface area contributed by atoms with E-state index in [-0.39, 0.29) is 0 Å². The van der Waals surface area contributed by atoms with E-state index < -0.39 is 0 Å². The van der Waals surface area contributed by atoms with Crippen LogP contribution in [0.2, 0.25) is 5.02 Å². The zero-order chi connectivity index (χ0) is 11.8. The third-order valence-corrected chi connectivity index (χ3v) is 4.20. The first-order chi connectivity index (χ1) is 8.24. The summed E-state index contributed by atoms with van der Waals surface area (Å²) in [7, 11) is 0. The van der Waals surface area contributed by atoms with Gasteiger partial charge in [0.15, 0.2) is 0 Å². The SMILES string of the molecule is Clc1ccc(C2CCc3cc(Br)ccc32)cc1. The summed E-state index contributed by atoms with van der Waals surface area (Å²) in [4.78, 5) is 0. The number of rotatable bonds is 1. The van der Waals surface area contributed by atoms with E-state index in [9.17, 15) is 0 Å². The molecule has 0 amide bonds. The summed E-state index contributed by atoms with van der Waals surface area (Å²) in [5.41, 5.74) is 4.31. The van der Waals surface area contributed by atoms with E-state index in [0.717, 1.165) is 5.02 Å². The van der Waals surface area contributed by atoms with E-state index in [0.29, 0.717) is 5.92 Å². The minimum Gasteiger partial charge on any atom is -0.0843 e. The van der Waals surface area contributed by atoms with Crippen LogP contribution in [0.5, 0.6) is 0 Å². The molecule has 3 rings (SSSR count). The fraction of sp³-hybridized carbons (Fsp3) is 0.200. The smallest absolute Gasteiger partial charge is 0.0406 e. The van der Waals surface area contributed by atoms with Gasteiger partial charge >= 0.3 is 0 Å². The van der Waals surface area contributed by atoms with Gasteiger partial charge in [-0.3, -0.25) is 0 Å². The van der Waals surface area contributed by atoms with Crippen molar-refractivity contribution in [3.63, 3.8) is 0 Å². The Morgan fingerprint density at radius 1 is 1.06 bits per heavy atom. The van der Waals surface area contributed by atoms with Crippen molar-refractivity contribution >= 4 is 27.5 Å². The molecule has 2 heteroatoms. The first kappa shape index (κ1) is 11.3. The molecule has 1 unspecified atom stereocenters. The van der Waals surface area contributed by atoms with Crippen molar-refractivity contribution in [1.29, 1.82) is 0 Å². The van der Waals surface area contributed by atoms with Crippen molar-refractivity contribution in [2.24, 2.45) is 0 Å². The van der Waals surface area contributed by atoms with Crippen LogP contribution < -0.4 is 0 Å². The first-order valence-corrected chi connectivity index (χ1v) is 6.95. The van der Waals surface area contributed by atoms with E-state index in [1.54, 1.807) is 0 Å². The Labute approximate surface area is 115 Å². The van der Waals surface area contributed by atoms with Gasteiger partial charge in [-0.1, -0.05) is 45.7 Å². The van der Waals surface area contributed by atoms with Crippen molar-refractivity contribution in [3.05, 3.63) is 68.7 Å². The van der Waals surface area contributed by atoms with Gasteiger partial charge in [0.25, 0.3) is 0 Å². The van der Waals surface area contributed by atoms with Gasteiger partial charge in [-0.15, -0.1) is 0 Å². The van der Waals surface area contributed by atoms with E-state index >= 15 is 0 Å². The maximum atomic E-state index is 5.93. The molecule has 0 saturated heterocycles. The molecule has 0 aromatic heterocycles. The van der Waals surface area contributed by atoms with E-state index in [2.05, 4.69) is 46.3 Å². The molecule has 1 aliphatic carbocycles. The van der Waals surface area contributed by atoms with Crippen LogP contribution in [0.15, 0.2) is 46.9 Å². The number of hydrogen-bond donors (Lipinski definition) is 0. The molecule has 17 heavy (non-hydrogen) atoms. The molecule has 0 bridgehead atoms. The van der Waals surface area contributed by atoms with E-state index in [4.69, 9.17) is 11.6 Å². The van der Waals surface area contributed by atoms with Gasteiger partial charge in [0.05, 0.1) is 0 Å². The molecule has 0 spiro atoms. The second-order valence-electron chi connectivity index (χ2n) is 4.49. The van der Waals surface area contributed by atoms with Crippen molar-refractivity contribution in [2.75, 3.05) is 0 Å².